The molecule has 2 rings (SSSR count). The van der Waals surface area contributed by atoms with Crippen LogP contribution in [-0.2, 0) is 11.2 Å². The molecule has 0 bridgehead atoms. The average Bonchev–Trinajstić information content (AvgIpc) is 2.36. The van der Waals surface area contributed by atoms with Crippen molar-refractivity contribution in [2.24, 2.45) is 0 Å². The van der Waals surface area contributed by atoms with Gasteiger partial charge in [-0.05, 0) is 37.9 Å². The van der Waals surface area contributed by atoms with Gasteiger partial charge in [0.1, 0.15) is 11.6 Å². The minimum atomic E-state index is -0.676. The molecule has 5 heteroatoms. The van der Waals surface area contributed by atoms with Gasteiger partial charge in [0.25, 0.3) is 0 Å². The quantitative estimate of drug-likeness (QED) is 0.877. The summed E-state index contributed by atoms with van der Waals surface area (Å²) in [6.07, 6.45) is 1.88. The summed E-state index contributed by atoms with van der Waals surface area (Å²) in [5.41, 5.74) is 0.218. The molecule has 0 aromatic heterocycles. The summed E-state index contributed by atoms with van der Waals surface area (Å²) in [6.45, 7) is 2.97. The number of amides is 1. The number of hydrogen-bond acceptors (Lipinski definition) is 2. The third-order valence-electron chi connectivity index (χ3n) is 3.47. The number of carbonyl (C=O) groups excluding carboxylic acids is 1. The standard InChI is InChI=1S/C14H18F2N2O/c1-9-13(3-2-6-17-9)18-14(19)7-10-4-5-11(15)8-12(10)16/h4-5,8-9,13,17H,2-3,6-7H2,1H3,(H,18,19). The molecule has 2 N–H and O–H groups in total. The van der Waals surface area contributed by atoms with Crippen LogP contribution >= 0.6 is 0 Å². The predicted molar refractivity (Wildman–Crippen MR) is 68.7 cm³/mol. The molecule has 0 radical (unpaired) electrons. The normalized spacial score (nSPS) is 23.1. The first kappa shape index (κ1) is 13.9. The number of hydrogen-bond donors (Lipinski definition) is 2. The number of benzene rings is 1. The lowest BCUT2D eigenvalue weighted by atomic mass is 9.99. The predicted octanol–water partition coefficient (Wildman–Crippen LogP) is 1.76. The second-order valence-electron chi connectivity index (χ2n) is 4.97. The van der Waals surface area contributed by atoms with E-state index in [2.05, 4.69) is 10.6 Å². The van der Waals surface area contributed by atoms with E-state index in [1.807, 2.05) is 6.92 Å². The lowest BCUT2D eigenvalue weighted by Gasteiger charge is -2.30. The summed E-state index contributed by atoms with van der Waals surface area (Å²) in [6, 6.07) is 3.57. The number of carbonyl (C=O) groups is 1. The van der Waals surface area contributed by atoms with E-state index in [0.29, 0.717) is 0 Å². The van der Waals surface area contributed by atoms with Crippen molar-refractivity contribution < 1.29 is 13.6 Å². The average molecular weight is 268 g/mol. The molecule has 0 spiro atoms. The Balaban J connectivity index is 1.93. The Morgan fingerprint density at radius 1 is 1.47 bits per heavy atom. The Morgan fingerprint density at radius 3 is 2.95 bits per heavy atom. The van der Waals surface area contributed by atoms with E-state index >= 15 is 0 Å². The molecule has 1 amide bonds. The first-order valence-corrected chi connectivity index (χ1v) is 6.53. The summed E-state index contributed by atoms with van der Waals surface area (Å²) in [4.78, 5) is 11.9. The van der Waals surface area contributed by atoms with Crippen LogP contribution in [-0.4, -0.2) is 24.5 Å². The molecule has 2 unspecified atom stereocenters. The Labute approximate surface area is 111 Å². The first-order valence-electron chi connectivity index (χ1n) is 6.53. The largest absolute Gasteiger partial charge is 0.352 e. The lowest BCUT2D eigenvalue weighted by molar-refractivity contribution is -0.121. The van der Waals surface area contributed by atoms with Crippen LogP contribution in [0, 0.1) is 11.6 Å². The smallest absolute Gasteiger partial charge is 0.224 e. The number of halogens is 2. The molecule has 1 aromatic carbocycles. The maximum Gasteiger partial charge on any atom is 0.224 e. The van der Waals surface area contributed by atoms with E-state index in [1.54, 1.807) is 0 Å². The van der Waals surface area contributed by atoms with Gasteiger partial charge in [0.05, 0.1) is 6.42 Å². The SMILES string of the molecule is CC1NCCCC1NC(=O)Cc1ccc(F)cc1F. The Morgan fingerprint density at radius 2 is 2.26 bits per heavy atom. The summed E-state index contributed by atoms with van der Waals surface area (Å²) >= 11 is 0. The second-order valence-corrected chi connectivity index (χ2v) is 4.97. The fourth-order valence-corrected chi connectivity index (χ4v) is 2.34. The highest BCUT2D eigenvalue weighted by Crippen LogP contribution is 2.12. The van der Waals surface area contributed by atoms with Crippen LogP contribution in [0.5, 0.6) is 0 Å². The van der Waals surface area contributed by atoms with Crippen LogP contribution in [0.3, 0.4) is 0 Å². The minimum Gasteiger partial charge on any atom is -0.352 e. The molecule has 1 aliphatic rings. The molecule has 1 aromatic rings. The summed E-state index contributed by atoms with van der Waals surface area (Å²) in [7, 11) is 0. The van der Waals surface area contributed by atoms with Crippen LogP contribution in [0.4, 0.5) is 8.78 Å². The van der Waals surface area contributed by atoms with Gasteiger partial charge in [-0.25, -0.2) is 8.78 Å². The topological polar surface area (TPSA) is 41.1 Å². The van der Waals surface area contributed by atoms with Crippen molar-refractivity contribution in [3.63, 3.8) is 0 Å². The first-order chi connectivity index (χ1) is 9.06. The van der Waals surface area contributed by atoms with Crippen LogP contribution in [0.2, 0.25) is 0 Å². The molecule has 3 nitrogen and oxygen atoms in total. The van der Waals surface area contributed by atoms with Crippen molar-refractivity contribution in [2.75, 3.05) is 6.54 Å². The highest BCUT2D eigenvalue weighted by atomic mass is 19.1. The Bertz CT molecular complexity index is 465. The molecular weight excluding hydrogens is 250 g/mol. The summed E-state index contributed by atoms with van der Waals surface area (Å²) in [5.74, 6) is -1.54. The highest BCUT2D eigenvalue weighted by molar-refractivity contribution is 5.79. The zero-order valence-corrected chi connectivity index (χ0v) is 10.9. The molecular formula is C14H18F2N2O. The van der Waals surface area contributed by atoms with Gasteiger partial charge in [-0.3, -0.25) is 4.79 Å². The molecule has 104 valence electrons. The van der Waals surface area contributed by atoms with E-state index in [0.717, 1.165) is 31.5 Å². The fraction of sp³-hybridized carbons (Fsp3) is 0.500. The van der Waals surface area contributed by atoms with Crippen LogP contribution < -0.4 is 10.6 Å². The van der Waals surface area contributed by atoms with Crippen molar-refractivity contribution in [1.29, 1.82) is 0 Å². The van der Waals surface area contributed by atoms with Gasteiger partial charge in [0.15, 0.2) is 0 Å². The lowest BCUT2D eigenvalue weighted by Crippen LogP contribution is -2.52. The molecule has 1 heterocycles. The van der Waals surface area contributed by atoms with Gasteiger partial charge in [0, 0.05) is 18.2 Å². The van der Waals surface area contributed by atoms with E-state index in [1.165, 1.54) is 6.07 Å². The maximum atomic E-state index is 13.4. The van der Waals surface area contributed by atoms with Crippen molar-refractivity contribution in [3.05, 3.63) is 35.4 Å². The summed E-state index contributed by atoms with van der Waals surface area (Å²) in [5, 5.41) is 6.18. The Hall–Kier alpha value is -1.49. The van der Waals surface area contributed by atoms with Gasteiger partial charge in [0.2, 0.25) is 5.91 Å². The second kappa shape index (κ2) is 6.10. The number of rotatable bonds is 3. The van der Waals surface area contributed by atoms with Crippen molar-refractivity contribution in [2.45, 2.75) is 38.3 Å². The van der Waals surface area contributed by atoms with E-state index < -0.39 is 11.6 Å². The van der Waals surface area contributed by atoms with E-state index in [4.69, 9.17) is 0 Å². The van der Waals surface area contributed by atoms with Crippen LogP contribution in [0.15, 0.2) is 18.2 Å². The van der Waals surface area contributed by atoms with Gasteiger partial charge >= 0.3 is 0 Å². The minimum absolute atomic E-state index is 0.0602. The zero-order valence-electron chi connectivity index (χ0n) is 10.9. The maximum absolute atomic E-state index is 13.4. The van der Waals surface area contributed by atoms with E-state index in [9.17, 15) is 13.6 Å². The molecule has 0 saturated carbocycles. The van der Waals surface area contributed by atoms with Crippen LogP contribution in [0.25, 0.3) is 0 Å². The fourth-order valence-electron chi connectivity index (χ4n) is 2.34. The Kier molecular flexibility index (Phi) is 4.47. The molecule has 1 saturated heterocycles. The third-order valence-corrected chi connectivity index (χ3v) is 3.47. The molecule has 1 fully saturated rings. The third kappa shape index (κ3) is 3.73. The molecule has 2 atom stereocenters. The number of nitrogens with one attached hydrogen (secondary N) is 2. The summed E-state index contributed by atoms with van der Waals surface area (Å²) < 4.78 is 26.2. The van der Waals surface area contributed by atoms with Crippen molar-refractivity contribution in [3.8, 4) is 0 Å². The molecule has 0 aliphatic carbocycles. The highest BCUT2D eigenvalue weighted by Gasteiger charge is 2.22. The monoisotopic (exact) mass is 268 g/mol. The van der Waals surface area contributed by atoms with Gasteiger partial charge in [-0.1, -0.05) is 6.07 Å². The zero-order chi connectivity index (χ0) is 13.8. The van der Waals surface area contributed by atoms with Gasteiger partial charge in [-0.2, -0.15) is 0 Å². The number of piperidine rings is 1. The van der Waals surface area contributed by atoms with Crippen LogP contribution in [0.1, 0.15) is 25.3 Å². The van der Waals surface area contributed by atoms with Gasteiger partial charge in [-0.15, -0.1) is 0 Å². The van der Waals surface area contributed by atoms with Crippen molar-refractivity contribution >= 4 is 5.91 Å². The van der Waals surface area contributed by atoms with Crippen molar-refractivity contribution in [1.82, 2.24) is 10.6 Å². The molecule has 1 aliphatic heterocycles. The molecule has 19 heavy (non-hydrogen) atoms. The van der Waals surface area contributed by atoms with E-state index in [-0.39, 0.29) is 30.0 Å². The van der Waals surface area contributed by atoms with Gasteiger partial charge < -0.3 is 10.6 Å².